The maximum absolute atomic E-state index is 11.9. The highest BCUT2D eigenvalue weighted by Crippen LogP contribution is 2.60. The van der Waals surface area contributed by atoms with Gasteiger partial charge in [0, 0.05) is 37.6 Å². The first-order chi connectivity index (χ1) is 9.51. The molecule has 4 heteroatoms. The molecule has 2 N–H and O–H groups in total. The van der Waals surface area contributed by atoms with Crippen molar-refractivity contribution in [1.82, 2.24) is 10.6 Å². The summed E-state index contributed by atoms with van der Waals surface area (Å²) in [4.78, 5) is 11.9. The average Bonchev–Trinajstić information content (AvgIpc) is 3.04. The third-order valence-electron chi connectivity index (χ3n) is 5.89. The Bertz CT molecular complexity index is 388. The zero-order valence-corrected chi connectivity index (χ0v) is 13.0. The molecule has 1 aliphatic heterocycles. The van der Waals surface area contributed by atoms with E-state index in [1.165, 1.54) is 32.1 Å². The molecule has 2 aliphatic carbocycles. The van der Waals surface area contributed by atoms with Crippen molar-refractivity contribution >= 4 is 5.91 Å². The lowest BCUT2D eigenvalue weighted by molar-refractivity contribution is -0.137. The number of hydrogen-bond acceptors (Lipinski definition) is 3. The van der Waals surface area contributed by atoms with Crippen molar-refractivity contribution < 1.29 is 9.53 Å². The van der Waals surface area contributed by atoms with Gasteiger partial charge in [0.15, 0.2) is 0 Å². The number of carbonyl (C=O) groups is 1. The number of nitrogens with one attached hydrogen (secondary N) is 2. The van der Waals surface area contributed by atoms with Crippen molar-refractivity contribution in [3.63, 3.8) is 0 Å². The third kappa shape index (κ3) is 2.00. The van der Waals surface area contributed by atoms with Gasteiger partial charge < -0.3 is 15.4 Å². The Balaban J connectivity index is 1.66. The summed E-state index contributed by atoms with van der Waals surface area (Å²) in [6.07, 6.45) is 6.95. The maximum Gasteiger partial charge on any atom is 0.226 e. The molecule has 20 heavy (non-hydrogen) atoms. The second-order valence-corrected chi connectivity index (χ2v) is 7.51. The first-order valence-electron chi connectivity index (χ1n) is 8.08. The van der Waals surface area contributed by atoms with E-state index in [0.717, 1.165) is 13.2 Å². The predicted molar refractivity (Wildman–Crippen MR) is 78.4 cm³/mol. The van der Waals surface area contributed by atoms with Gasteiger partial charge in [0.05, 0.1) is 11.5 Å². The fourth-order valence-corrected chi connectivity index (χ4v) is 4.79. The molecule has 1 amide bonds. The molecule has 0 aromatic carbocycles. The van der Waals surface area contributed by atoms with Crippen molar-refractivity contribution in [1.29, 1.82) is 0 Å². The van der Waals surface area contributed by atoms with Crippen LogP contribution in [0.15, 0.2) is 0 Å². The summed E-state index contributed by atoms with van der Waals surface area (Å²) in [6, 6.07) is 0.557. The van der Waals surface area contributed by atoms with Gasteiger partial charge in [-0.2, -0.15) is 0 Å². The molecule has 0 radical (unpaired) electrons. The minimum Gasteiger partial charge on any atom is -0.377 e. The Kier molecular flexibility index (Phi) is 3.57. The Morgan fingerprint density at radius 3 is 2.70 bits per heavy atom. The molecule has 3 atom stereocenters. The van der Waals surface area contributed by atoms with E-state index in [1.54, 1.807) is 7.05 Å². The van der Waals surface area contributed by atoms with E-state index in [9.17, 15) is 4.79 Å². The minimum absolute atomic E-state index is 0.115. The fraction of sp³-hybridized carbons (Fsp3) is 0.938. The SMILES string of the molecule is CNC(=O)C(C)(C)CN[C@@H]1[C@H]2CCO[C@H]2C12CCCC2. The monoisotopic (exact) mass is 280 g/mol. The quantitative estimate of drug-likeness (QED) is 0.824. The van der Waals surface area contributed by atoms with Gasteiger partial charge in [-0.3, -0.25) is 4.79 Å². The van der Waals surface area contributed by atoms with E-state index in [1.807, 2.05) is 13.8 Å². The first kappa shape index (κ1) is 14.3. The molecule has 1 saturated heterocycles. The van der Waals surface area contributed by atoms with E-state index in [2.05, 4.69) is 10.6 Å². The van der Waals surface area contributed by atoms with Gasteiger partial charge in [-0.15, -0.1) is 0 Å². The van der Waals surface area contributed by atoms with Crippen LogP contribution >= 0.6 is 0 Å². The second-order valence-electron chi connectivity index (χ2n) is 7.51. The topological polar surface area (TPSA) is 50.4 Å². The molecule has 3 rings (SSSR count). The summed E-state index contributed by atoms with van der Waals surface area (Å²) in [5.41, 5.74) is 0.0268. The molecule has 1 spiro atoms. The van der Waals surface area contributed by atoms with Crippen LogP contribution in [0.5, 0.6) is 0 Å². The second kappa shape index (κ2) is 4.99. The Morgan fingerprint density at radius 2 is 2.05 bits per heavy atom. The summed E-state index contributed by atoms with van der Waals surface area (Å²) < 4.78 is 6.00. The molecule has 0 aromatic heterocycles. The molecule has 0 unspecified atom stereocenters. The summed E-state index contributed by atoms with van der Waals surface area (Å²) in [7, 11) is 1.72. The van der Waals surface area contributed by atoms with E-state index in [4.69, 9.17) is 4.74 Å². The minimum atomic E-state index is -0.348. The van der Waals surface area contributed by atoms with Crippen LogP contribution in [0, 0.1) is 16.7 Å². The van der Waals surface area contributed by atoms with E-state index >= 15 is 0 Å². The van der Waals surface area contributed by atoms with Gasteiger partial charge in [0.25, 0.3) is 0 Å². The molecule has 1 heterocycles. The Labute approximate surface area is 122 Å². The normalized spacial score (nSPS) is 34.9. The summed E-state index contributed by atoms with van der Waals surface area (Å²) >= 11 is 0. The lowest BCUT2D eigenvalue weighted by Crippen LogP contribution is -2.68. The highest BCUT2D eigenvalue weighted by molar-refractivity contribution is 5.81. The zero-order chi connectivity index (χ0) is 14.4. The number of ether oxygens (including phenoxy) is 1. The fourth-order valence-electron chi connectivity index (χ4n) is 4.79. The highest BCUT2D eigenvalue weighted by Gasteiger charge is 2.64. The van der Waals surface area contributed by atoms with E-state index < -0.39 is 0 Å². The van der Waals surface area contributed by atoms with Crippen LogP contribution < -0.4 is 10.6 Å². The molecule has 3 fully saturated rings. The number of fused-ring (bicyclic) bond motifs is 2. The van der Waals surface area contributed by atoms with Crippen LogP contribution in [0.3, 0.4) is 0 Å². The van der Waals surface area contributed by atoms with Crippen LogP contribution in [0.1, 0.15) is 46.0 Å². The molecule has 114 valence electrons. The van der Waals surface area contributed by atoms with Crippen LogP contribution in [0.2, 0.25) is 0 Å². The van der Waals surface area contributed by atoms with Gasteiger partial charge in [0.1, 0.15) is 0 Å². The van der Waals surface area contributed by atoms with Gasteiger partial charge in [0.2, 0.25) is 5.91 Å². The standard InChI is InChI=1S/C16H28N2O2/c1-15(2,14(19)17-3)10-18-12-11-6-9-20-13(11)16(12)7-4-5-8-16/h11-13,18H,4-10H2,1-3H3,(H,17,19)/t11-,12-,13-/m1/s1. The van der Waals surface area contributed by atoms with Gasteiger partial charge in [-0.25, -0.2) is 0 Å². The Hall–Kier alpha value is -0.610. The molecular formula is C16H28N2O2. The number of hydrogen-bond donors (Lipinski definition) is 2. The van der Waals surface area contributed by atoms with E-state index in [-0.39, 0.29) is 11.3 Å². The van der Waals surface area contributed by atoms with Crippen molar-refractivity contribution in [3.05, 3.63) is 0 Å². The highest BCUT2D eigenvalue weighted by atomic mass is 16.5. The van der Waals surface area contributed by atoms with Crippen molar-refractivity contribution in [2.24, 2.45) is 16.7 Å². The average molecular weight is 280 g/mol. The lowest BCUT2D eigenvalue weighted by atomic mass is 9.54. The van der Waals surface area contributed by atoms with Gasteiger partial charge >= 0.3 is 0 Å². The predicted octanol–water partition coefficient (Wildman–Crippen LogP) is 1.70. The maximum atomic E-state index is 11.9. The lowest BCUT2D eigenvalue weighted by Gasteiger charge is -2.57. The molecule has 3 aliphatic rings. The zero-order valence-electron chi connectivity index (χ0n) is 13.0. The number of carbonyl (C=O) groups excluding carboxylic acids is 1. The molecule has 4 nitrogen and oxygen atoms in total. The molecular weight excluding hydrogens is 252 g/mol. The van der Waals surface area contributed by atoms with Gasteiger partial charge in [-0.1, -0.05) is 12.8 Å². The van der Waals surface area contributed by atoms with Crippen molar-refractivity contribution in [2.45, 2.75) is 58.1 Å². The number of rotatable bonds is 4. The van der Waals surface area contributed by atoms with Crippen molar-refractivity contribution in [3.8, 4) is 0 Å². The van der Waals surface area contributed by atoms with Crippen LogP contribution in [-0.4, -0.2) is 38.3 Å². The molecule has 0 bridgehead atoms. The summed E-state index contributed by atoms with van der Waals surface area (Å²) in [5.74, 6) is 0.789. The largest absolute Gasteiger partial charge is 0.377 e. The van der Waals surface area contributed by atoms with Crippen LogP contribution in [0.4, 0.5) is 0 Å². The summed E-state index contributed by atoms with van der Waals surface area (Å²) in [6.45, 7) is 5.71. The van der Waals surface area contributed by atoms with Crippen LogP contribution in [-0.2, 0) is 9.53 Å². The molecule has 0 aromatic rings. The summed E-state index contributed by atoms with van der Waals surface area (Å²) in [5, 5.41) is 6.51. The number of amides is 1. The molecule has 2 saturated carbocycles. The Morgan fingerprint density at radius 1 is 1.35 bits per heavy atom. The smallest absolute Gasteiger partial charge is 0.226 e. The van der Waals surface area contributed by atoms with Crippen LogP contribution in [0.25, 0.3) is 0 Å². The first-order valence-corrected chi connectivity index (χ1v) is 8.08. The van der Waals surface area contributed by atoms with Crippen molar-refractivity contribution in [2.75, 3.05) is 20.2 Å². The van der Waals surface area contributed by atoms with Gasteiger partial charge in [-0.05, 0) is 33.1 Å². The van der Waals surface area contributed by atoms with E-state index in [0.29, 0.717) is 23.5 Å². The third-order valence-corrected chi connectivity index (χ3v) is 5.89.